The number of nitrogens with one attached hydrogen (secondary N) is 2. The summed E-state index contributed by atoms with van der Waals surface area (Å²) in [6, 6.07) is 6.98. The van der Waals surface area contributed by atoms with Crippen molar-refractivity contribution in [3.63, 3.8) is 0 Å². The Balaban J connectivity index is 0.00000280. The van der Waals surface area contributed by atoms with Crippen LogP contribution in [0.4, 0.5) is 5.69 Å². The van der Waals surface area contributed by atoms with E-state index < -0.39 is 4.92 Å². The number of hydrogen-bond donors (Lipinski definition) is 2. The molecule has 1 aromatic rings. The van der Waals surface area contributed by atoms with E-state index in [9.17, 15) is 14.9 Å². The minimum absolute atomic E-state index is 0. The highest BCUT2D eigenvalue weighted by Gasteiger charge is 2.25. The van der Waals surface area contributed by atoms with Crippen molar-refractivity contribution < 1.29 is 9.72 Å². The summed E-state index contributed by atoms with van der Waals surface area (Å²) in [6.07, 6.45) is 2.21. The van der Waals surface area contributed by atoms with Gasteiger partial charge in [0.2, 0.25) is 5.91 Å². The molecule has 1 aromatic carbocycles. The van der Waals surface area contributed by atoms with Crippen LogP contribution in [-0.4, -0.2) is 72.4 Å². The van der Waals surface area contributed by atoms with Gasteiger partial charge in [-0.2, -0.15) is 0 Å². The number of nitro groups is 1. The highest BCUT2D eigenvalue weighted by molar-refractivity contribution is 14.0. The Hall–Kier alpha value is -1.95. The lowest BCUT2D eigenvalue weighted by molar-refractivity contribution is -0.384. The SMILES string of the molecule is CN=C(NCc1cccc([N+](=O)[O-])c1)N1CCN(CC(=O)NC2CC2)CC1.I. The summed E-state index contributed by atoms with van der Waals surface area (Å²) in [7, 11) is 1.73. The zero-order chi connectivity index (χ0) is 19.2. The summed E-state index contributed by atoms with van der Waals surface area (Å²) in [5.41, 5.74) is 0.920. The van der Waals surface area contributed by atoms with E-state index in [0.29, 0.717) is 19.1 Å². The van der Waals surface area contributed by atoms with E-state index in [4.69, 9.17) is 0 Å². The number of nitro benzene ring substituents is 1. The maximum absolute atomic E-state index is 11.9. The monoisotopic (exact) mass is 502 g/mol. The lowest BCUT2D eigenvalue weighted by atomic mass is 10.2. The third-order valence-electron chi connectivity index (χ3n) is 4.77. The van der Waals surface area contributed by atoms with Crippen LogP contribution in [0.15, 0.2) is 29.3 Å². The molecule has 2 N–H and O–H groups in total. The number of amides is 1. The molecule has 0 atom stereocenters. The molecule has 1 saturated carbocycles. The van der Waals surface area contributed by atoms with Crippen LogP contribution < -0.4 is 10.6 Å². The second kappa shape index (κ2) is 10.6. The van der Waals surface area contributed by atoms with Crippen molar-refractivity contribution in [3.8, 4) is 0 Å². The first-order valence-electron chi connectivity index (χ1n) is 9.26. The second-order valence-electron chi connectivity index (χ2n) is 6.93. The Morgan fingerprint density at radius 3 is 2.61 bits per heavy atom. The van der Waals surface area contributed by atoms with Crippen LogP contribution in [0.2, 0.25) is 0 Å². The fourth-order valence-electron chi connectivity index (χ4n) is 3.12. The minimum atomic E-state index is -0.392. The molecule has 0 unspecified atom stereocenters. The van der Waals surface area contributed by atoms with E-state index in [0.717, 1.165) is 50.5 Å². The number of benzene rings is 1. The molecular weight excluding hydrogens is 475 g/mol. The summed E-state index contributed by atoms with van der Waals surface area (Å²) in [6.45, 7) is 4.09. The van der Waals surface area contributed by atoms with Crippen molar-refractivity contribution in [1.29, 1.82) is 0 Å². The molecule has 9 nitrogen and oxygen atoms in total. The van der Waals surface area contributed by atoms with Gasteiger partial charge in [-0.3, -0.25) is 24.8 Å². The summed E-state index contributed by atoms with van der Waals surface area (Å²) in [5.74, 6) is 0.878. The Labute approximate surface area is 181 Å². The van der Waals surface area contributed by atoms with E-state index in [-0.39, 0.29) is 35.6 Å². The number of aliphatic imine (C=N–C) groups is 1. The van der Waals surface area contributed by atoms with Crippen molar-refractivity contribution in [2.24, 2.45) is 4.99 Å². The summed E-state index contributed by atoms with van der Waals surface area (Å²) < 4.78 is 0. The number of nitrogens with zero attached hydrogens (tertiary/aromatic N) is 4. The van der Waals surface area contributed by atoms with E-state index >= 15 is 0 Å². The number of hydrogen-bond acceptors (Lipinski definition) is 5. The number of non-ortho nitro benzene ring substituents is 1. The zero-order valence-electron chi connectivity index (χ0n) is 16.0. The second-order valence-corrected chi connectivity index (χ2v) is 6.93. The molecule has 1 aliphatic carbocycles. The van der Waals surface area contributed by atoms with Crippen LogP contribution in [0.5, 0.6) is 0 Å². The molecule has 154 valence electrons. The third kappa shape index (κ3) is 6.59. The number of halogens is 1. The van der Waals surface area contributed by atoms with Crippen molar-refractivity contribution in [1.82, 2.24) is 20.4 Å². The molecule has 1 heterocycles. The summed E-state index contributed by atoms with van der Waals surface area (Å²) in [4.78, 5) is 31.0. The summed E-state index contributed by atoms with van der Waals surface area (Å²) >= 11 is 0. The van der Waals surface area contributed by atoms with Crippen molar-refractivity contribution >= 4 is 41.5 Å². The third-order valence-corrected chi connectivity index (χ3v) is 4.77. The molecule has 1 saturated heterocycles. The molecule has 2 fully saturated rings. The van der Waals surface area contributed by atoms with Gasteiger partial charge in [0, 0.05) is 57.9 Å². The summed E-state index contributed by atoms with van der Waals surface area (Å²) in [5, 5.41) is 17.2. The standard InChI is InChI=1S/C18H26N6O3.HI/c1-19-18(20-12-14-3-2-4-16(11-14)24(26)27)23-9-7-22(8-10-23)13-17(25)21-15-5-6-15;/h2-4,11,15H,5-10,12-13H2,1H3,(H,19,20)(H,21,25);1H. The number of carbonyl (C=O) groups excluding carboxylic acids is 1. The Morgan fingerprint density at radius 1 is 1.29 bits per heavy atom. The topological polar surface area (TPSA) is 103 Å². The number of piperazine rings is 1. The van der Waals surface area contributed by atoms with Crippen molar-refractivity contribution in [3.05, 3.63) is 39.9 Å². The predicted octanol–water partition coefficient (Wildman–Crippen LogP) is 1.18. The van der Waals surface area contributed by atoms with Gasteiger partial charge >= 0.3 is 0 Å². The van der Waals surface area contributed by atoms with Gasteiger partial charge in [-0.15, -0.1) is 24.0 Å². The predicted molar refractivity (Wildman–Crippen MR) is 118 cm³/mol. The fourth-order valence-corrected chi connectivity index (χ4v) is 3.12. The number of guanidine groups is 1. The number of rotatable bonds is 6. The highest BCUT2D eigenvalue weighted by atomic mass is 127. The van der Waals surface area contributed by atoms with Gasteiger partial charge in [0.05, 0.1) is 11.5 Å². The van der Waals surface area contributed by atoms with E-state index in [1.54, 1.807) is 19.2 Å². The lowest BCUT2D eigenvalue weighted by Crippen LogP contribution is -2.54. The van der Waals surface area contributed by atoms with Gasteiger partial charge in [0.25, 0.3) is 5.69 Å². The average Bonchev–Trinajstić information content (AvgIpc) is 3.47. The molecule has 28 heavy (non-hydrogen) atoms. The number of carbonyl (C=O) groups is 1. The van der Waals surface area contributed by atoms with E-state index in [2.05, 4.69) is 25.4 Å². The molecule has 10 heteroatoms. The lowest BCUT2D eigenvalue weighted by Gasteiger charge is -2.36. The highest BCUT2D eigenvalue weighted by Crippen LogP contribution is 2.18. The van der Waals surface area contributed by atoms with Crippen LogP contribution in [0.1, 0.15) is 18.4 Å². The Morgan fingerprint density at radius 2 is 2.00 bits per heavy atom. The minimum Gasteiger partial charge on any atom is -0.352 e. The van der Waals surface area contributed by atoms with Gasteiger partial charge in [-0.1, -0.05) is 12.1 Å². The largest absolute Gasteiger partial charge is 0.352 e. The zero-order valence-corrected chi connectivity index (χ0v) is 18.3. The van der Waals surface area contributed by atoms with E-state index in [1.807, 2.05) is 6.07 Å². The molecular formula is C18H27IN6O3. The van der Waals surface area contributed by atoms with Crippen LogP contribution in [0, 0.1) is 10.1 Å². The van der Waals surface area contributed by atoms with Crippen LogP contribution in [0.25, 0.3) is 0 Å². The van der Waals surface area contributed by atoms with Crippen LogP contribution >= 0.6 is 24.0 Å². The van der Waals surface area contributed by atoms with Gasteiger partial charge in [0.15, 0.2) is 5.96 Å². The molecule has 0 spiro atoms. The smallest absolute Gasteiger partial charge is 0.269 e. The van der Waals surface area contributed by atoms with Crippen LogP contribution in [0.3, 0.4) is 0 Å². The Kier molecular flexibility index (Phi) is 8.42. The fraction of sp³-hybridized carbons (Fsp3) is 0.556. The first kappa shape index (κ1) is 22.3. The van der Waals surface area contributed by atoms with Crippen LogP contribution in [-0.2, 0) is 11.3 Å². The molecule has 3 rings (SSSR count). The molecule has 0 bridgehead atoms. The van der Waals surface area contributed by atoms with Gasteiger partial charge in [-0.05, 0) is 18.4 Å². The molecule has 2 aliphatic rings. The quantitative estimate of drug-likeness (QED) is 0.199. The van der Waals surface area contributed by atoms with Gasteiger partial charge in [-0.25, -0.2) is 0 Å². The van der Waals surface area contributed by atoms with Gasteiger partial charge < -0.3 is 15.5 Å². The van der Waals surface area contributed by atoms with Crippen molar-refractivity contribution in [2.75, 3.05) is 39.8 Å². The normalized spacial score (nSPS) is 17.6. The maximum Gasteiger partial charge on any atom is 0.269 e. The molecule has 0 radical (unpaired) electrons. The molecule has 0 aromatic heterocycles. The van der Waals surface area contributed by atoms with E-state index in [1.165, 1.54) is 6.07 Å². The molecule has 1 amide bonds. The first-order chi connectivity index (χ1) is 13.0. The Bertz CT molecular complexity index is 717. The van der Waals surface area contributed by atoms with Crippen molar-refractivity contribution in [2.45, 2.75) is 25.4 Å². The average molecular weight is 502 g/mol. The first-order valence-corrected chi connectivity index (χ1v) is 9.26. The maximum atomic E-state index is 11.9. The van der Waals surface area contributed by atoms with Gasteiger partial charge in [0.1, 0.15) is 0 Å². The molecule has 1 aliphatic heterocycles.